The molecular formula is C10H16N2S2. The van der Waals surface area contributed by atoms with E-state index in [0.717, 1.165) is 5.75 Å². The summed E-state index contributed by atoms with van der Waals surface area (Å²) < 4.78 is 0. The Morgan fingerprint density at radius 3 is 3.21 bits per heavy atom. The lowest BCUT2D eigenvalue weighted by Gasteiger charge is -2.19. The summed E-state index contributed by atoms with van der Waals surface area (Å²) in [6, 6.07) is 0.505. The van der Waals surface area contributed by atoms with Crippen molar-refractivity contribution in [3.8, 4) is 0 Å². The van der Waals surface area contributed by atoms with Crippen LogP contribution in [0.4, 0.5) is 0 Å². The molecule has 1 atom stereocenters. The van der Waals surface area contributed by atoms with Gasteiger partial charge in [-0.2, -0.15) is 11.8 Å². The molecule has 0 bridgehead atoms. The Labute approximate surface area is 93.5 Å². The highest BCUT2D eigenvalue weighted by Gasteiger charge is 2.22. The third-order valence-corrected chi connectivity index (χ3v) is 4.49. The van der Waals surface area contributed by atoms with Crippen LogP contribution in [0.15, 0.2) is 0 Å². The maximum absolute atomic E-state index is 4.73. The van der Waals surface area contributed by atoms with Crippen LogP contribution in [-0.2, 0) is 12.2 Å². The molecule has 1 aliphatic carbocycles. The molecule has 1 unspecified atom stereocenters. The van der Waals surface area contributed by atoms with Crippen LogP contribution in [0.25, 0.3) is 0 Å². The van der Waals surface area contributed by atoms with Crippen LogP contribution >= 0.6 is 23.1 Å². The second-order valence-electron chi connectivity index (χ2n) is 3.58. The summed E-state index contributed by atoms with van der Waals surface area (Å²) in [5.74, 6) is 1.06. The van der Waals surface area contributed by atoms with Crippen molar-refractivity contribution in [2.75, 3.05) is 13.3 Å². The summed E-state index contributed by atoms with van der Waals surface area (Å²) in [6.45, 7) is 0. The van der Waals surface area contributed by atoms with E-state index in [1.807, 2.05) is 30.1 Å². The van der Waals surface area contributed by atoms with Crippen LogP contribution in [0.2, 0.25) is 0 Å². The second kappa shape index (κ2) is 4.64. The van der Waals surface area contributed by atoms with E-state index in [0.29, 0.717) is 6.04 Å². The fraction of sp³-hybridized carbons (Fsp3) is 0.700. The lowest BCUT2D eigenvalue weighted by atomic mass is 9.98. The van der Waals surface area contributed by atoms with Gasteiger partial charge in [-0.05, 0) is 32.6 Å². The Balaban J connectivity index is 2.24. The van der Waals surface area contributed by atoms with Gasteiger partial charge in [-0.15, -0.1) is 11.3 Å². The maximum atomic E-state index is 4.73. The lowest BCUT2D eigenvalue weighted by Crippen LogP contribution is -2.21. The van der Waals surface area contributed by atoms with Gasteiger partial charge in [0.25, 0.3) is 0 Å². The monoisotopic (exact) mass is 228 g/mol. The zero-order chi connectivity index (χ0) is 9.97. The first-order chi connectivity index (χ1) is 6.85. The molecule has 0 radical (unpaired) electrons. The SMILES string of the molecule is CNC1CCCc2sc(CSC)nc21. The van der Waals surface area contributed by atoms with Gasteiger partial charge in [-0.3, -0.25) is 0 Å². The van der Waals surface area contributed by atoms with Gasteiger partial charge < -0.3 is 5.32 Å². The summed E-state index contributed by atoms with van der Waals surface area (Å²) in [6.07, 6.45) is 5.92. The summed E-state index contributed by atoms with van der Waals surface area (Å²) >= 11 is 3.76. The standard InChI is InChI=1S/C10H16N2S2/c1-11-7-4-3-5-8-10(7)12-9(14-8)6-13-2/h7,11H,3-6H2,1-2H3. The van der Waals surface area contributed by atoms with Crippen LogP contribution in [0.3, 0.4) is 0 Å². The van der Waals surface area contributed by atoms with Crippen LogP contribution in [-0.4, -0.2) is 18.3 Å². The van der Waals surface area contributed by atoms with E-state index in [1.54, 1.807) is 0 Å². The van der Waals surface area contributed by atoms with E-state index >= 15 is 0 Å². The van der Waals surface area contributed by atoms with Crippen molar-refractivity contribution in [1.82, 2.24) is 10.3 Å². The van der Waals surface area contributed by atoms with Gasteiger partial charge in [0.2, 0.25) is 0 Å². The van der Waals surface area contributed by atoms with E-state index in [-0.39, 0.29) is 0 Å². The molecule has 0 spiro atoms. The molecule has 78 valence electrons. The predicted octanol–water partition coefficient (Wildman–Crippen LogP) is 2.60. The second-order valence-corrected chi connectivity index (χ2v) is 5.62. The van der Waals surface area contributed by atoms with Gasteiger partial charge in [0.1, 0.15) is 5.01 Å². The minimum atomic E-state index is 0.505. The third-order valence-electron chi connectivity index (χ3n) is 2.61. The Morgan fingerprint density at radius 2 is 2.50 bits per heavy atom. The third kappa shape index (κ3) is 1.97. The number of thiazole rings is 1. The number of hydrogen-bond acceptors (Lipinski definition) is 4. The smallest absolute Gasteiger partial charge is 0.103 e. The zero-order valence-electron chi connectivity index (χ0n) is 8.67. The first kappa shape index (κ1) is 10.5. The Bertz CT molecular complexity index is 309. The summed E-state index contributed by atoms with van der Waals surface area (Å²) in [4.78, 5) is 6.24. The molecule has 1 aliphatic rings. The molecular weight excluding hydrogens is 212 g/mol. The molecule has 0 amide bonds. The Kier molecular flexibility index (Phi) is 3.47. The molecule has 1 aromatic heterocycles. The van der Waals surface area contributed by atoms with Crippen molar-refractivity contribution in [1.29, 1.82) is 0 Å². The first-order valence-corrected chi connectivity index (χ1v) is 7.21. The summed E-state index contributed by atoms with van der Waals surface area (Å²) in [5.41, 5.74) is 1.33. The molecule has 0 saturated carbocycles. The fourth-order valence-corrected chi connectivity index (χ4v) is 3.80. The van der Waals surface area contributed by atoms with E-state index in [9.17, 15) is 0 Å². The molecule has 4 heteroatoms. The van der Waals surface area contributed by atoms with Crippen molar-refractivity contribution < 1.29 is 0 Å². The topological polar surface area (TPSA) is 24.9 Å². The van der Waals surface area contributed by atoms with Crippen molar-refractivity contribution >= 4 is 23.1 Å². The number of aromatic nitrogens is 1. The van der Waals surface area contributed by atoms with E-state index in [4.69, 9.17) is 4.98 Å². The van der Waals surface area contributed by atoms with Crippen LogP contribution < -0.4 is 5.32 Å². The first-order valence-electron chi connectivity index (χ1n) is 5.00. The fourth-order valence-electron chi connectivity index (χ4n) is 1.94. The average molecular weight is 228 g/mol. The van der Waals surface area contributed by atoms with Crippen LogP contribution in [0.5, 0.6) is 0 Å². The van der Waals surface area contributed by atoms with E-state index in [1.165, 1.54) is 34.8 Å². The van der Waals surface area contributed by atoms with Gasteiger partial charge in [0.05, 0.1) is 11.7 Å². The highest BCUT2D eigenvalue weighted by Crippen LogP contribution is 2.33. The molecule has 2 rings (SSSR count). The number of nitrogens with one attached hydrogen (secondary N) is 1. The Hall–Kier alpha value is -0.0600. The predicted molar refractivity (Wildman–Crippen MR) is 64.1 cm³/mol. The molecule has 2 nitrogen and oxygen atoms in total. The highest BCUT2D eigenvalue weighted by molar-refractivity contribution is 7.97. The van der Waals surface area contributed by atoms with Gasteiger partial charge in [-0.25, -0.2) is 4.98 Å². The van der Waals surface area contributed by atoms with Crippen molar-refractivity contribution in [2.24, 2.45) is 0 Å². The molecule has 0 fully saturated rings. The van der Waals surface area contributed by atoms with Crippen LogP contribution in [0.1, 0.15) is 34.5 Å². The molecule has 0 saturated heterocycles. The molecule has 1 aromatic rings. The summed E-state index contributed by atoms with van der Waals surface area (Å²) in [5, 5.41) is 4.65. The minimum absolute atomic E-state index is 0.505. The molecule has 0 aromatic carbocycles. The van der Waals surface area contributed by atoms with Crippen molar-refractivity contribution in [2.45, 2.75) is 31.1 Å². The van der Waals surface area contributed by atoms with Crippen molar-refractivity contribution in [3.63, 3.8) is 0 Å². The summed E-state index contributed by atoms with van der Waals surface area (Å²) in [7, 11) is 2.04. The van der Waals surface area contributed by atoms with Gasteiger partial charge in [0, 0.05) is 10.6 Å². The minimum Gasteiger partial charge on any atom is -0.312 e. The van der Waals surface area contributed by atoms with Gasteiger partial charge in [-0.1, -0.05) is 0 Å². The van der Waals surface area contributed by atoms with Crippen molar-refractivity contribution in [3.05, 3.63) is 15.6 Å². The average Bonchev–Trinajstić information content (AvgIpc) is 2.60. The number of hydrogen-bond donors (Lipinski definition) is 1. The number of aryl methyl sites for hydroxylation is 1. The number of nitrogens with zero attached hydrogens (tertiary/aromatic N) is 1. The van der Waals surface area contributed by atoms with Gasteiger partial charge >= 0.3 is 0 Å². The van der Waals surface area contributed by atoms with Crippen LogP contribution in [0, 0.1) is 0 Å². The maximum Gasteiger partial charge on any atom is 0.103 e. The molecule has 14 heavy (non-hydrogen) atoms. The largest absolute Gasteiger partial charge is 0.312 e. The quantitative estimate of drug-likeness (QED) is 0.861. The van der Waals surface area contributed by atoms with E-state index < -0.39 is 0 Å². The molecule has 1 N–H and O–H groups in total. The highest BCUT2D eigenvalue weighted by atomic mass is 32.2. The number of fused-ring (bicyclic) bond motifs is 1. The lowest BCUT2D eigenvalue weighted by molar-refractivity contribution is 0.489. The molecule has 1 heterocycles. The zero-order valence-corrected chi connectivity index (χ0v) is 10.3. The molecule has 0 aliphatic heterocycles. The number of rotatable bonds is 3. The number of thioether (sulfide) groups is 1. The normalized spacial score (nSPS) is 20.9. The Morgan fingerprint density at radius 1 is 1.64 bits per heavy atom. The van der Waals surface area contributed by atoms with E-state index in [2.05, 4.69) is 11.6 Å². The van der Waals surface area contributed by atoms with Gasteiger partial charge in [0.15, 0.2) is 0 Å².